The van der Waals surface area contributed by atoms with Crippen molar-refractivity contribution < 1.29 is 14.6 Å². The Morgan fingerprint density at radius 1 is 1.38 bits per heavy atom. The Morgan fingerprint density at radius 3 is 2.92 bits per heavy atom. The number of H-pyrrole nitrogens is 1. The van der Waals surface area contributed by atoms with E-state index in [2.05, 4.69) is 15.3 Å². The van der Waals surface area contributed by atoms with Gasteiger partial charge in [0.15, 0.2) is 6.61 Å². The molecule has 1 heterocycles. The van der Waals surface area contributed by atoms with E-state index in [1.807, 2.05) is 0 Å². The molecular formula is C17H16ClN3O3. The predicted octanol–water partition coefficient (Wildman–Crippen LogP) is 3.29. The summed E-state index contributed by atoms with van der Waals surface area (Å²) in [6.07, 6.45) is -0.681. The molecule has 0 spiro atoms. The summed E-state index contributed by atoms with van der Waals surface area (Å²) in [4.78, 5) is 19.3. The van der Waals surface area contributed by atoms with Gasteiger partial charge in [-0.1, -0.05) is 23.7 Å². The lowest BCUT2D eigenvalue weighted by molar-refractivity contribution is -0.118. The Kier molecular flexibility index (Phi) is 4.69. The van der Waals surface area contributed by atoms with Gasteiger partial charge < -0.3 is 20.1 Å². The number of aliphatic hydroxyl groups is 1. The van der Waals surface area contributed by atoms with Crippen LogP contribution in [-0.2, 0) is 4.79 Å². The molecule has 6 nitrogen and oxygen atoms in total. The fourth-order valence-corrected chi connectivity index (χ4v) is 2.40. The molecule has 3 N–H and O–H groups in total. The second-order valence-corrected chi connectivity index (χ2v) is 5.70. The number of imidazole rings is 1. The minimum absolute atomic E-state index is 0.149. The van der Waals surface area contributed by atoms with Gasteiger partial charge in [-0.3, -0.25) is 4.79 Å². The Labute approximate surface area is 143 Å². The number of anilines is 1. The Bertz CT molecular complexity index is 876. The number of rotatable bonds is 5. The first-order valence-electron chi connectivity index (χ1n) is 7.38. The Balaban J connectivity index is 1.65. The molecule has 0 radical (unpaired) electrons. The first-order chi connectivity index (χ1) is 11.5. The molecule has 2 aromatic carbocycles. The van der Waals surface area contributed by atoms with Gasteiger partial charge >= 0.3 is 0 Å². The van der Waals surface area contributed by atoms with Crippen LogP contribution in [0.1, 0.15) is 18.9 Å². The normalized spacial score (nSPS) is 12.1. The molecule has 124 valence electrons. The number of para-hydroxylation sites is 1. The fraction of sp³-hybridized carbons (Fsp3) is 0.176. The van der Waals surface area contributed by atoms with Gasteiger partial charge in [-0.15, -0.1) is 0 Å². The number of amides is 1. The quantitative estimate of drug-likeness (QED) is 0.662. The highest BCUT2D eigenvalue weighted by Crippen LogP contribution is 2.23. The SMILES string of the molecule is CC(O)c1nc2ccc(NC(=O)COc3ccccc3Cl)cc2[nH]1. The lowest BCUT2D eigenvalue weighted by atomic mass is 10.3. The van der Waals surface area contributed by atoms with E-state index in [1.54, 1.807) is 49.4 Å². The van der Waals surface area contributed by atoms with E-state index in [9.17, 15) is 9.90 Å². The number of halogens is 1. The Morgan fingerprint density at radius 2 is 2.17 bits per heavy atom. The molecule has 1 unspecified atom stereocenters. The van der Waals surface area contributed by atoms with Gasteiger partial charge in [0.25, 0.3) is 5.91 Å². The van der Waals surface area contributed by atoms with Gasteiger partial charge in [-0.25, -0.2) is 4.98 Å². The Hall–Kier alpha value is -2.57. The molecule has 1 amide bonds. The molecule has 7 heteroatoms. The number of nitrogens with one attached hydrogen (secondary N) is 2. The molecule has 0 saturated carbocycles. The molecule has 24 heavy (non-hydrogen) atoms. The molecular weight excluding hydrogens is 330 g/mol. The van der Waals surface area contributed by atoms with Gasteiger partial charge in [0, 0.05) is 5.69 Å². The summed E-state index contributed by atoms with van der Waals surface area (Å²) in [5.74, 6) is 0.639. The highest BCUT2D eigenvalue weighted by atomic mass is 35.5. The van der Waals surface area contributed by atoms with E-state index < -0.39 is 6.10 Å². The molecule has 0 bridgehead atoms. The lowest BCUT2D eigenvalue weighted by Gasteiger charge is -2.08. The van der Waals surface area contributed by atoms with Crippen molar-refractivity contribution in [3.05, 3.63) is 53.3 Å². The smallest absolute Gasteiger partial charge is 0.262 e. The maximum atomic E-state index is 12.0. The summed E-state index contributed by atoms with van der Waals surface area (Å²) in [5.41, 5.74) is 2.06. The zero-order valence-corrected chi connectivity index (χ0v) is 13.7. The van der Waals surface area contributed by atoms with Crippen molar-refractivity contribution in [2.75, 3.05) is 11.9 Å². The molecule has 0 aliphatic rings. The summed E-state index contributed by atoms with van der Waals surface area (Å²) >= 11 is 5.97. The number of nitrogens with zero attached hydrogens (tertiary/aromatic N) is 1. The van der Waals surface area contributed by atoms with E-state index in [1.165, 1.54) is 0 Å². The van der Waals surface area contributed by atoms with Crippen molar-refractivity contribution in [3.63, 3.8) is 0 Å². The number of carbonyl (C=O) groups is 1. The zero-order valence-electron chi connectivity index (χ0n) is 12.9. The molecule has 0 aliphatic heterocycles. The van der Waals surface area contributed by atoms with Crippen LogP contribution >= 0.6 is 11.6 Å². The topological polar surface area (TPSA) is 87.2 Å². The van der Waals surface area contributed by atoms with Gasteiger partial charge in [0.05, 0.1) is 16.1 Å². The standard InChI is InChI=1S/C17H16ClN3O3/c1-10(22)17-20-13-7-6-11(8-14(13)21-17)19-16(23)9-24-15-5-3-2-4-12(15)18/h2-8,10,22H,9H2,1H3,(H,19,23)(H,20,21). The van der Waals surface area contributed by atoms with E-state index in [-0.39, 0.29) is 12.5 Å². The highest BCUT2D eigenvalue weighted by Gasteiger charge is 2.10. The lowest BCUT2D eigenvalue weighted by Crippen LogP contribution is -2.20. The van der Waals surface area contributed by atoms with Crippen LogP contribution in [0.4, 0.5) is 5.69 Å². The first kappa shape index (κ1) is 16.3. The maximum absolute atomic E-state index is 12.0. The zero-order chi connectivity index (χ0) is 17.1. The molecule has 0 fully saturated rings. The predicted molar refractivity (Wildman–Crippen MR) is 92.3 cm³/mol. The number of fused-ring (bicyclic) bond motifs is 1. The van der Waals surface area contributed by atoms with Gasteiger partial charge in [-0.05, 0) is 37.3 Å². The average Bonchev–Trinajstić information content (AvgIpc) is 2.98. The van der Waals surface area contributed by atoms with Crippen LogP contribution in [0.15, 0.2) is 42.5 Å². The van der Waals surface area contributed by atoms with Crippen molar-refractivity contribution >= 4 is 34.2 Å². The van der Waals surface area contributed by atoms with Crippen molar-refractivity contribution in [1.82, 2.24) is 9.97 Å². The largest absolute Gasteiger partial charge is 0.482 e. The molecule has 3 rings (SSSR count). The number of hydrogen-bond donors (Lipinski definition) is 3. The number of benzene rings is 2. The van der Waals surface area contributed by atoms with Crippen LogP contribution in [0.2, 0.25) is 5.02 Å². The summed E-state index contributed by atoms with van der Waals surface area (Å²) in [6, 6.07) is 12.2. The van der Waals surface area contributed by atoms with Crippen LogP contribution < -0.4 is 10.1 Å². The van der Waals surface area contributed by atoms with Gasteiger partial charge in [-0.2, -0.15) is 0 Å². The number of ether oxygens (including phenoxy) is 1. The summed E-state index contributed by atoms with van der Waals surface area (Å²) < 4.78 is 5.40. The average molecular weight is 346 g/mol. The number of carbonyl (C=O) groups excluding carboxylic acids is 1. The summed E-state index contributed by atoms with van der Waals surface area (Å²) in [6.45, 7) is 1.48. The third-order valence-corrected chi connectivity index (χ3v) is 3.69. The van der Waals surface area contributed by atoms with E-state index >= 15 is 0 Å². The van der Waals surface area contributed by atoms with Crippen molar-refractivity contribution in [3.8, 4) is 5.75 Å². The van der Waals surface area contributed by atoms with E-state index in [0.717, 1.165) is 11.0 Å². The van der Waals surface area contributed by atoms with Crippen LogP contribution in [0, 0.1) is 0 Å². The van der Waals surface area contributed by atoms with Crippen molar-refractivity contribution in [2.24, 2.45) is 0 Å². The third kappa shape index (κ3) is 3.67. The molecule has 0 saturated heterocycles. The maximum Gasteiger partial charge on any atom is 0.262 e. The molecule has 1 aromatic heterocycles. The highest BCUT2D eigenvalue weighted by molar-refractivity contribution is 6.32. The minimum Gasteiger partial charge on any atom is -0.482 e. The molecule has 1 atom stereocenters. The summed E-state index contributed by atoms with van der Waals surface area (Å²) in [5, 5.41) is 12.7. The van der Waals surface area contributed by atoms with Crippen LogP contribution in [0.5, 0.6) is 5.75 Å². The number of aromatic amines is 1. The number of hydrogen-bond acceptors (Lipinski definition) is 4. The fourth-order valence-electron chi connectivity index (χ4n) is 2.21. The molecule has 0 aliphatic carbocycles. The van der Waals surface area contributed by atoms with E-state index in [0.29, 0.717) is 22.3 Å². The van der Waals surface area contributed by atoms with Crippen LogP contribution in [-0.4, -0.2) is 27.6 Å². The second kappa shape index (κ2) is 6.90. The van der Waals surface area contributed by atoms with Gasteiger partial charge in [0.1, 0.15) is 17.7 Å². The van der Waals surface area contributed by atoms with Crippen LogP contribution in [0.3, 0.4) is 0 Å². The summed E-state index contributed by atoms with van der Waals surface area (Å²) in [7, 11) is 0. The number of aliphatic hydroxyl groups excluding tert-OH is 1. The first-order valence-corrected chi connectivity index (χ1v) is 7.75. The van der Waals surface area contributed by atoms with Gasteiger partial charge in [0.2, 0.25) is 0 Å². The monoisotopic (exact) mass is 345 g/mol. The third-order valence-electron chi connectivity index (χ3n) is 3.38. The number of aromatic nitrogens is 2. The van der Waals surface area contributed by atoms with Crippen molar-refractivity contribution in [2.45, 2.75) is 13.0 Å². The van der Waals surface area contributed by atoms with Crippen LogP contribution in [0.25, 0.3) is 11.0 Å². The second-order valence-electron chi connectivity index (χ2n) is 5.30. The van der Waals surface area contributed by atoms with E-state index in [4.69, 9.17) is 16.3 Å². The van der Waals surface area contributed by atoms with Crippen molar-refractivity contribution in [1.29, 1.82) is 0 Å². The minimum atomic E-state index is -0.681. The molecule has 3 aromatic rings.